The van der Waals surface area contributed by atoms with Crippen LogP contribution in [0.1, 0.15) is 23.0 Å². The van der Waals surface area contributed by atoms with E-state index in [9.17, 15) is 9.59 Å². The lowest BCUT2D eigenvalue weighted by atomic mass is 10.1. The molecule has 0 unspecified atom stereocenters. The van der Waals surface area contributed by atoms with Crippen molar-refractivity contribution in [2.75, 3.05) is 39.3 Å². The molecule has 2 saturated heterocycles. The Morgan fingerprint density at radius 2 is 2.05 bits per heavy atom. The van der Waals surface area contributed by atoms with Gasteiger partial charge >= 0.3 is 12.0 Å². The van der Waals surface area contributed by atoms with E-state index in [0.29, 0.717) is 13.1 Å². The van der Waals surface area contributed by atoms with Crippen molar-refractivity contribution in [3.63, 3.8) is 0 Å². The van der Waals surface area contributed by atoms with Gasteiger partial charge in [0.15, 0.2) is 5.69 Å². The van der Waals surface area contributed by atoms with E-state index in [1.54, 1.807) is 4.90 Å². The van der Waals surface area contributed by atoms with E-state index in [0.717, 1.165) is 32.6 Å². The van der Waals surface area contributed by atoms with Crippen molar-refractivity contribution in [1.82, 2.24) is 30.1 Å². The highest BCUT2D eigenvalue weighted by atomic mass is 16.4. The maximum absolute atomic E-state index is 12.3. The first kappa shape index (κ1) is 13.8. The highest BCUT2D eigenvalue weighted by molar-refractivity contribution is 5.84. The number of carboxylic acids is 1. The molecule has 0 spiro atoms. The standard InChI is InChI=1S/C12H18N6O3/c19-11(20)10-8-18(15-14-10)9-6-17(7-9)12(21)16-4-1-2-13-3-5-16/h8-9,13H,1-7H2,(H,19,20). The molecule has 2 aliphatic heterocycles. The average Bonchev–Trinajstić information content (AvgIpc) is 2.72. The van der Waals surface area contributed by atoms with E-state index < -0.39 is 5.97 Å². The van der Waals surface area contributed by atoms with Gasteiger partial charge in [-0.2, -0.15) is 0 Å². The SMILES string of the molecule is O=C(O)c1cn(C2CN(C(=O)N3CCCNCC3)C2)nn1. The molecule has 2 aliphatic rings. The third kappa shape index (κ3) is 2.82. The number of likely N-dealkylation sites (tertiary alicyclic amines) is 1. The fraction of sp³-hybridized carbons (Fsp3) is 0.667. The van der Waals surface area contributed by atoms with E-state index >= 15 is 0 Å². The predicted octanol–water partition coefficient (Wildman–Crippen LogP) is -0.752. The number of hydrogen-bond acceptors (Lipinski definition) is 5. The van der Waals surface area contributed by atoms with Gasteiger partial charge < -0.3 is 20.2 Å². The van der Waals surface area contributed by atoms with Crippen molar-refractivity contribution in [3.8, 4) is 0 Å². The van der Waals surface area contributed by atoms with Crippen molar-refractivity contribution in [1.29, 1.82) is 0 Å². The van der Waals surface area contributed by atoms with Crippen LogP contribution in [0.4, 0.5) is 4.79 Å². The third-order valence-corrected chi connectivity index (χ3v) is 3.85. The van der Waals surface area contributed by atoms with Crippen LogP contribution in [0, 0.1) is 0 Å². The number of aromatic carboxylic acids is 1. The summed E-state index contributed by atoms with van der Waals surface area (Å²) >= 11 is 0. The predicted molar refractivity (Wildman–Crippen MR) is 72.0 cm³/mol. The number of rotatable bonds is 2. The van der Waals surface area contributed by atoms with Crippen LogP contribution < -0.4 is 5.32 Å². The minimum Gasteiger partial charge on any atom is -0.476 e. The zero-order chi connectivity index (χ0) is 14.8. The molecule has 1 aromatic rings. The third-order valence-electron chi connectivity index (χ3n) is 3.85. The number of nitrogens with zero attached hydrogens (tertiary/aromatic N) is 5. The van der Waals surface area contributed by atoms with Gasteiger partial charge in [0.05, 0.1) is 12.2 Å². The second-order valence-electron chi connectivity index (χ2n) is 5.32. The quantitative estimate of drug-likeness (QED) is 0.744. The molecule has 0 bridgehead atoms. The van der Waals surface area contributed by atoms with Crippen molar-refractivity contribution < 1.29 is 14.7 Å². The zero-order valence-corrected chi connectivity index (χ0v) is 11.6. The lowest BCUT2D eigenvalue weighted by Crippen LogP contribution is -2.55. The van der Waals surface area contributed by atoms with Crippen molar-refractivity contribution >= 4 is 12.0 Å². The lowest BCUT2D eigenvalue weighted by Gasteiger charge is -2.41. The Labute approximate surface area is 121 Å². The number of hydrogen-bond donors (Lipinski definition) is 2. The Balaban J connectivity index is 1.54. The fourth-order valence-electron chi connectivity index (χ4n) is 2.57. The number of aromatic nitrogens is 3. The minimum absolute atomic E-state index is 0.0136. The van der Waals surface area contributed by atoms with Gasteiger partial charge in [0.2, 0.25) is 0 Å². The molecule has 1 aromatic heterocycles. The van der Waals surface area contributed by atoms with Crippen LogP contribution in [0.2, 0.25) is 0 Å². The van der Waals surface area contributed by atoms with Crippen molar-refractivity contribution in [2.24, 2.45) is 0 Å². The maximum Gasteiger partial charge on any atom is 0.358 e. The van der Waals surface area contributed by atoms with Gasteiger partial charge in [-0.1, -0.05) is 5.21 Å². The van der Waals surface area contributed by atoms with Gasteiger partial charge in [-0.3, -0.25) is 0 Å². The zero-order valence-electron chi connectivity index (χ0n) is 11.6. The summed E-state index contributed by atoms with van der Waals surface area (Å²) in [6.07, 6.45) is 2.37. The van der Waals surface area contributed by atoms with Crippen molar-refractivity contribution in [3.05, 3.63) is 11.9 Å². The maximum atomic E-state index is 12.3. The Bertz CT molecular complexity index is 531. The van der Waals surface area contributed by atoms with Crippen LogP contribution in [0.3, 0.4) is 0 Å². The molecule has 114 valence electrons. The highest BCUT2D eigenvalue weighted by Gasteiger charge is 2.35. The van der Waals surface area contributed by atoms with Gasteiger partial charge in [-0.15, -0.1) is 5.10 Å². The second kappa shape index (κ2) is 5.68. The Kier molecular flexibility index (Phi) is 3.74. The summed E-state index contributed by atoms with van der Waals surface area (Å²) in [6, 6.07) is 0.0631. The van der Waals surface area contributed by atoms with Crippen LogP contribution in [0.15, 0.2) is 6.20 Å². The number of carboxylic acid groups (broad SMARTS) is 1. The summed E-state index contributed by atoms with van der Waals surface area (Å²) in [4.78, 5) is 26.7. The first-order valence-electron chi connectivity index (χ1n) is 7.05. The monoisotopic (exact) mass is 294 g/mol. The Morgan fingerprint density at radius 3 is 2.76 bits per heavy atom. The smallest absolute Gasteiger partial charge is 0.358 e. The van der Waals surface area contributed by atoms with Crippen LogP contribution in [0.25, 0.3) is 0 Å². The molecule has 0 radical (unpaired) electrons. The molecule has 2 amide bonds. The van der Waals surface area contributed by atoms with E-state index in [1.165, 1.54) is 10.9 Å². The molecular formula is C12H18N6O3. The van der Waals surface area contributed by atoms with Gasteiger partial charge in [0.25, 0.3) is 0 Å². The molecule has 9 heteroatoms. The summed E-state index contributed by atoms with van der Waals surface area (Å²) < 4.78 is 1.53. The van der Waals surface area contributed by atoms with Crippen LogP contribution in [-0.2, 0) is 0 Å². The normalized spacial score (nSPS) is 20.0. The first-order valence-corrected chi connectivity index (χ1v) is 7.05. The molecular weight excluding hydrogens is 276 g/mol. The number of nitrogens with one attached hydrogen (secondary N) is 1. The van der Waals surface area contributed by atoms with Gasteiger partial charge in [-0.25, -0.2) is 14.3 Å². The summed E-state index contributed by atoms with van der Waals surface area (Å²) in [5.41, 5.74) is -0.0710. The number of carbonyl (C=O) groups is 2. The molecule has 0 atom stereocenters. The van der Waals surface area contributed by atoms with E-state index in [2.05, 4.69) is 15.6 Å². The van der Waals surface area contributed by atoms with Gasteiger partial charge in [0, 0.05) is 32.7 Å². The van der Waals surface area contributed by atoms with Gasteiger partial charge in [0.1, 0.15) is 0 Å². The second-order valence-corrected chi connectivity index (χ2v) is 5.32. The fourth-order valence-corrected chi connectivity index (χ4v) is 2.57. The summed E-state index contributed by atoms with van der Waals surface area (Å²) in [6.45, 7) is 4.37. The minimum atomic E-state index is -1.09. The summed E-state index contributed by atoms with van der Waals surface area (Å²) in [5.74, 6) is -1.09. The van der Waals surface area contributed by atoms with Gasteiger partial charge in [-0.05, 0) is 13.0 Å². The van der Waals surface area contributed by atoms with E-state index in [4.69, 9.17) is 5.11 Å². The Morgan fingerprint density at radius 1 is 1.24 bits per heavy atom. The molecule has 3 rings (SSSR count). The molecule has 2 N–H and O–H groups in total. The van der Waals surface area contributed by atoms with Crippen LogP contribution in [0.5, 0.6) is 0 Å². The van der Waals surface area contributed by atoms with E-state index in [-0.39, 0.29) is 17.8 Å². The Hall–Kier alpha value is -2.16. The van der Waals surface area contributed by atoms with E-state index in [1.807, 2.05) is 4.90 Å². The molecule has 0 saturated carbocycles. The molecule has 0 aliphatic carbocycles. The number of carbonyl (C=O) groups excluding carboxylic acids is 1. The first-order chi connectivity index (χ1) is 10.1. The summed E-state index contributed by atoms with van der Waals surface area (Å²) in [7, 11) is 0. The van der Waals surface area contributed by atoms with Crippen LogP contribution in [-0.4, -0.2) is 81.2 Å². The topological polar surface area (TPSA) is 104 Å². The molecule has 3 heterocycles. The molecule has 21 heavy (non-hydrogen) atoms. The molecule has 9 nitrogen and oxygen atoms in total. The van der Waals surface area contributed by atoms with Crippen molar-refractivity contribution in [2.45, 2.75) is 12.5 Å². The van der Waals surface area contributed by atoms with Crippen LogP contribution >= 0.6 is 0 Å². The lowest BCUT2D eigenvalue weighted by molar-refractivity contribution is 0.0689. The number of amides is 2. The average molecular weight is 294 g/mol. The summed E-state index contributed by atoms with van der Waals surface area (Å²) in [5, 5.41) is 19.5. The highest BCUT2D eigenvalue weighted by Crippen LogP contribution is 2.22. The molecule has 2 fully saturated rings. The largest absolute Gasteiger partial charge is 0.476 e. The molecule has 0 aromatic carbocycles. The number of urea groups is 1.